The van der Waals surface area contributed by atoms with Crippen molar-refractivity contribution in [2.45, 2.75) is 39.2 Å². The number of Topliss-reactive ketones (excluding diaryl/α,β-unsaturated/α-hetero) is 1. The van der Waals surface area contributed by atoms with Crippen LogP contribution in [-0.4, -0.2) is 24.3 Å². The van der Waals surface area contributed by atoms with Gasteiger partial charge in [-0.3, -0.25) is 9.59 Å². The molecule has 0 saturated heterocycles. The maximum atomic E-state index is 12.2. The van der Waals surface area contributed by atoms with Gasteiger partial charge in [0.2, 0.25) is 0 Å². The van der Waals surface area contributed by atoms with E-state index in [2.05, 4.69) is 12.2 Å². The molecule has 4 heteroatoms. The zero-order chi connectivity index (χ0) is 14.3. The summed E-state index contributed by atoms with van der Waals surface area (Å²) in [6.45, 7) is 3.97. The molecule has 0 heterocycles. The molecule has 0 radical (unpaired) electrons. The second-order valence-electron chi connectivity index (χ2n) is 4.65. The highest BCUT2D eigenvalue weighted by Crippen LogP contribution is 2.10. The minimum absolute atomic E-state index is 0.0348. The molecule has 0 spiro atoms. The molecule has 1 amide bonds. The van der Waals surface area contributed by atoms with Crippen molar-refractivity contribution in [2.24, 2.45) is 5.73 Å². The molecule has 1 rings (SSSR count). The predicted molar refractivity (Wildman–Crippen MR) is 76.3 cm³/mol. The fraction of sp³-hybridized carbons (Fsp3) is 0.467. The van der Waals surface area contributed by atoms with Crippen molar-refractivity contribution >= 4 is 11.7 Å². The number of benzene rings is 1. The number of ketones is 1. The SMILES string of the molecule is CCCCC(CN)NC(=O)c1ccccc1C(C)=O. The number of amides is 1. The van der Waals surface area contributed by atoms with Gasteiger partial charge in [0, 0.05) is 18.2 Å². The Morgan fingerprint density at radius 3 is 2.42 bits per heavy atom. The molecular weight excluding hydrogens is 240 g/mol. The minimum atomic E-state index is -0.225. The van der Waals surface area contributed by atoms with Crippen LogP contribution in [0.15, 0.2) is 24.3 Å². The molecule has 0 bridgehead atoms. The summed E-state index contributed by atoms with van der Waals surface area (Å²) in [4.78, 5) is 23.7. The van der Waals surface area contributed by atoms with Crippen molar-refractivity contribution in [3.63, 3.8) is 0 Å². The van der Waals surface area contributed by atoms with Gasteiger partial charge in [-0.05, 0) is 19.4 Å². The maximum absolute atomic E-state index is 12.2. The summed E-state index contributed by atoms with van der Waals surface area (Å²) in [6.07, 6.45) is 2.95. The number of nitrogens with one attached hydrogen (secondary N) is 1. The Morgan fingerprint density at radius 1 is 1.26 bits per heavy atom. The minimum Gasteiger partial charge on any atom is -0.348 e. The van der Waals surface area contributed by atoms with Crippen LogP contribution < -0.4 is 11.1 Å². The number of carbonyl (C=O) groups excluding carboxylic acids is 2. The quantitative estimate of drug-likeness (QED) is 0.739. The van der Waals surface area contributed by atoms with Crippen molar-refractivity contribution in [1.82, 2.24) is 5.32 Å². The molecule has 19 heavy (non-hydrogen) atoms. The smallest absolute Gasteiger partial charge is 0.252 e. The summed E-state index contributed by atoms with van der Waals surface area (Å²) >= 11 is 0. The summed E-state index contributed by atoms with van der Waals surface area (Å²) in [6, 6.07) is 6.81. The van der Waals surface area contributed by atoms with E-state index in [4.69, 9.17) is 5.73 Å². The van der Waals surface area contributed by atoms with Gasteiger partial charge < -0.3 is 11.1 Å². The third kappa shape index (κ3) is 4.48. The van der Waals surface area contributed by atoms with E-state index in [1.807, 2.05) is 0 Å². The zero-order valence-electron chi connectivity index (χ0n) is 11.6. The van der Waals surface area contributed by atoms with Crippen LogP contribution in [0.2, 0.25) is 0 Å². The molecule has 0 aliphatic rings. The van der Waals surface area contributed by atoms with Gasteiger partial charge in [0.05, 0.1) is 5.56 Å². The molecule has 1 unspecified atom stereocenters. The summed E-state index contributed by atoms with van der Waals surface area (Å²) in [5.74, 6) is -0.332. The number of hydrogen-bond donors (Lipinski definition) is 2. The lowest BCUT2D eigenvalue weighted by Gasteiger charge is -2.17. The molecule has 0 aliphatic heterocycles. The van der Waals surface area contributed by atoms with E-state index in [9.17, 15) is 9.59 Å². The van der Waals surface area contributed by atoms with E-state index in [-0.39, 0.29) is 17.7 Å². The lowest BCUT2D eigenvalue weighted by Crippen LogP contribution is -2.40. The summed E-state index contributed by atoms with van der Waals surface area (Å²) < 4.78 is 0. The Hall–Kier alpha value is -1.68. The highest BCUT2D eigenvalue weighted by Gasteiger charge is 2.16. The first-order valence-corrected chi connectivity index (χ1v) is 6.71. The fourth-order valence-electron chi connectivity index (χ4n) is 1.95. The molecule has 0 aromatic heterocycles. The van der Waals surface area contributed by atoms with Gasteiger partial charge in [-0.15, -0.1) is 0 Å². The lowest BCUT2D eigenvalue weighted by atomic mass is 10.0. The molecule has 104 valence electrons. The predicted octanol–water partition coefficient (Wildman–Crippen LogP) is 2.14. The first-order chi connectivity index (χ1) is 9.10. The summed E-state index contributed by atoms with van der Waals surface area (Å²) in [5.41, 5.74) is 6.53. The fourth-order valence-corrected chi connectivity index (χ4v) is 1.95. The molecule has 1 aromatic carbocycles. The van der Waals surface area contributed by atoms with E-state index >= 15 is 0 Å². The number of carbonyl (C=O) groups is 2. The van der Waals surface area contributed by atoms with Gasteiger partial charge in [0.15, 0.2) is 5.78 Å². The first-order valence-electron chi connectivity index (χ1n) is 6.71. The second kappa shape index (κ2) is 7.69. The van der Waals surface area contributed by atoms with E-state index < -0.39 is 0 Å². The monoisotopic (exact) mass is 262 g/mol. The molecule has 4 nitrogen and oxygen atoms in total. The van der Waals surface area contributed by atoms with Crippen LogP contribution in [-0.2, 0) is 0 Å². The normalized spacial score (nSPS) is 11.9. The maximum Gasteiger partial charge on any atom is 0.252 e. The highest BCUT2D eigenvalue weighted by atomic mass is 16.2. The Kier molecular flexibility index (Phi) is 6.22. The van der Waals surface area contributed by atoms with Gasteiger partial charge in [0.1, 0.15) is 0 Å². The molecule has 0 saturated carbocycles. The van der Waals surface area contributed by atoms with Crippen molar-refractivity contribution in [1.29, 1.82) is 0 Å². The van der Waals surface area contributed by atoms with E-state index in [0.717, 1.165) is 19.3 Å². The van der Waals surface area contributed by atoms with E-state index in [1.54, 1.807) is 24.3 Å². The Bertz CT molecular complexity index is 444. The van der Waals surface area contributed by atoms with Gasteiger partial charge in [-0.2, -0.15) is 0 Å². The van der Waals surface area contributed by atoms with Crippen molar-refractivity contribution < 1.29 is 9.59 Å². The van der Waals surface area contributed by atoms with Crippen LogP contribution in [0.4, 0.5) is 0 Å². The molecule has 1 atom stereocenters. The molecule has 0 aliphatic carbocycles. The average Bonchev–Trinajstić information content (AvgIpc) is 2.43. The number of hydrogen-bond acceptors (Lipinski definition) is 3. The van der Waals surface area contributed by atoms with Crippen LogP contribution in [0.3, 0.4) is 0 Å². The Labute approximate surface area is 114 Å². The van der Waals surface area contributed by atoms with Crippen LogP contribution in [0, 0.1) is 0 Å². The molecular formula is C15H22N2O2. The molecule has 0 fully saturated rings. The standard InChI is InChI=1S/C15H22N2O2/c1-3-4-7-12(10-16)17-15(19)14-9-6-5-8-13(14)11(2)18/h5-6,8-9,12H,3-4,7,10,16H2,1-2H3,(H,17,19). The highest BCUT2D eigenvalue weighted by molar-refractivity contribution is 6.07. The third-order valence-corrected chi connectivity index (χ3v) is 3.08. The van der Waals surface area contributed by atoms with Crippen LogP contribution in [0.25, 0.3) is 0 Å². The van der Waals surface area contributed by atoms with E-state index in [0.29, 0.717) is 17.7 Å². The zero-order valence-corrected chi connectivity index (χ0v) is 11.6. The largest absolute Gasteiger partial charge is 0.348 e. The number of nitrogens with two attached hydrogens (primary N) is 1. The Morgan fingerprint density at radius 2 is 1.89 bits per heavy atom. The topological polar surface area (TPSA) is 72.2 Å². The summed E-state index contributed by atoms with van der Waals surface area (Å²) in [7, 11) is 0. The third-order valence-electron chi connectivity index (χ3n) is 3.08. The lowest BCUT2D eigenvalue weighted by molar-refractivity contribution is 0.0923. The molecule has 3 N–H and O–H groups in total. The average molecular weight is 262 g/mol. The van der Waals surface area contributed by atoms with Gasteiger partial charge in [0.25, 0.3) is 5.91 Å². The van der Waals surface area contributed by atoms with Crippen molar-refractivity contribution in [3.05, 3.63) is 35.4 Å². The van der Waals surface area contributed by atoms with Crippen molar-refractivity contribution in [3.8, 4) is 0 Å². The Balaban J connectivity index is 2.80. The van der Waals surface area contributed by atoms with Crippen LogP contribution in [0.5, 0.6) is 0 Å². The second-order valence-corrected chi connectivity index (χ2v) is 4.65. The van der Waals surface area contributed by atoms with Gasteiger partial charge in [-0.25, -0.2) is 0 Å². The van der Waals surface area contributed by atoms with Crippen LogP contribution >= 0.6 is 0 Å². The van der Waals surface area contributed by atoms with E-state index in [1.165, 1.54) is 6.92 Å². The van der Waals surface area contributed by atoms with Gasteiger partial charge >= 0.3 is 0 Å². The number of unbranched alkanes of at least 4 members (excludes halogenated alkanes) is 1. The van der Waals surface area contributed by atoms with Crippen molar-refractivity contribution in [2.75, 3.05) is 6.54 Å². The number of rotatable bonds is 7. The summed E-state index contributed by atoms with van der Waals surface area (Å²) in [5, 5.41) is 2.90. The van der Waals surface area contributed by atoms with Gasteiger partial charge in [-0.1, -0.05) is 38.0 Å². The first kappa shape index (κ1) is 15.4. The molecule has 1 aromatic rings. The van der Waals surface area contributed by atoms with Crippen LogP contribution in [0.1, 0.15) is 53.8 Å².